The summed E-state index contributed by atoms with van der Waals surface area (Å²) in [6, 6.07) is 11.4. The van der Waals surface area contributed by atoms with Gasteiger partial charge in [-0.2, -0.15) is 0 Å². The number of fused-ring (bicyclic) bond motifs is 1. The molecule has 2 aliphatic rings. The first-order valence-corrected chi connectivity index (χ1v) is 11.5. The molecular weight excluding hydrogens is 404 g/mol. The summed E-state index contributed by atoms with van der Waals surface area (Å²) in [7, 11) is -2.21. The van der Waals surface area contributed by atoms with Crippen molar-refractivity contribution in [3.63, 3.8) is 0 Å². The van der Waals surface area contributed by atoms with Crippen molar-refractivity contribution in [2.45, 2.75) is 49.6 Å². The number of carbonyl (C=O) groups is 1. The Morgan fingerprint density at radius 3 is 2.53 bits per heavy atom. The molecule has 1 saturated heterocycles. The van der Waals surface area contributed by atoms with Crippen LogP contribution in [0.25, 0.3) is 0 Å². The molecular formula is C22H26N2O5S. The van der Waals surface area contributed by atoms with Crippen LogP contribution in [-0.2, 0) is 14.8 Å². The zero-order chi connectivity index (χ0) is 21.5. The predicted octanol–water partition coefficient (Wildman–Crippen LogP) is 3.40. The molecule has 0 aliphatic carbocycles. The van der Waals surface area contributed by atoms with Gasteiger partial charge < -0.3 is 14.4 Å². The Balaban J connectivity index is 1.61. The first-order chi connectivity index (χ1) is 14.2. The summed E-state index contributed by atoms with van der Waals surface area (Å²) in [5.74, 6) is 1.35. The molecule has 0 radical (unpaired) electrons. The number of methoxy groups -OCH3 is 1. The van der Waals surface area contributed by atoms with E-state index in [9.17, 15) is 13.2 Å². The number of sulfonamides is 1. The summed E-state index contributed by atoms with van der Waals surface area (Å²) in [6.07, 6.45) is 1.83. The van der Waals surface area contributed by atoms with Crippen molar-refractivity contribution in [3.05, 3.63) is 48.0 Å². The van der Waals surface area contributed by atoms with Crippen LogP contribution < -0.4 is 19.1 Å². The Kier molecular flexibility index (Phi) is 5.23. The SMILES string of the molecule is COc1ccc2c(c1)C(NS(=O)(=O)c1ccc(N3CCCC3=O)cc1)CC(C)(C)O2. The summed E-state index contributed by atoms with van der Waals surface area (Å²) >= 11 is 0. The van der Waals surface area contributed by atoms with Crippen molar-refractivity contribution in [1.29, 1.82) is 0 Å². The van der Waals surface area contributed by atoms with Crippen molar-refractivity contribution in [2.24, 2.45) is 0 Å². The minimum absolute atomic E-state index is 0.0683. The average molecular weight is 431 g/mol. The van der Waals surface area contributed by atoms with Crippen molar-refractivity contribution in [2.75, 3.05) is 18.6 Å². The Morgan fingerprint density at radius 1 is 1.17 bits per heavy atom. The molecule has 2 aromatic rings. The monoisotopic (exact) mass is 430 g/mol. The smallest absolute Gasteiger partial charge is 0.241 e. The number of nitrogens with one attached hydrogen (secondary N) is 1. The van der Waals surface area contributed by atoms with Crippen LogP contribution in [0.5, 0.6) is 11.5 Å². The van der Waals surface area contributed by atoms with Gasteiger partial charge in [0.25, 0.3) is 0 Å². The second-order valence-electron chi connectivity index (χ2n) is 8.29. The van der Waals surface area contributed by atoms with Gasteiger partial charge in [0.15, 0.2) is 0 Å². The molecule has 1 unspecified atom stereocenters. The van der Waals surface area contributed by atoms with Gasteiger partial charge in [-0.05, 0) is 62.7 Å². The van der Waals surface area contributed by atoms with Crippen LogP contribution in [0.2, 0.25) is 0 Å². The van der Waals surface area contributed by atoms with Gasteiger partial charge in [-0.1, -0.05) is 0 Å². The van der Waals surface area contributed by atoms with E-state index in [-0.39, 0.29) is 10.8 Å². The van der Waals surface area contributed by atoms with Crippen LogP contribution in [0.3, 0.4) is 0 Å². The Morgan fingerprint density at radius 2 is 1.90 bits per heavy atom. The van der Waals surface area contributed by atoms with Crippen molar-refractivity contribution in [3.8, 4) is 11.5 Å². The van der Waals surface area contributed by atoms with E-state index < -0.39 is 21.7 Å². The van der Waals surface area contributed by atoms with Crippen LogP contribution >= 0.6 is 0 Å². The molecule has 4 rings (SSSR count). The van der Waals surface area contributed by atoms with E-state index in [4.69, 9.17) is 9.47 Å². The number of nitrogens with zero attached hydrogens (tertiary/aromatic N) is 1. The van der Waals surface area contributed by atoms with Gasteiger partial charge in [-0.3, -0.25) is 4.79 Å². The number of benzene rings is 2. The summed E-state index contributed by atoms with van der Waals surface area (Å²) in [5, 5.41) is 0. The maximum Gasteiger partial charge on any atom is 0.241 e. The first-order valence-electron chi connectivity index (χ1n) is 9.98. The third kappa shape index (κ3) is 4.02. The van der Waals surface area contributed by atoms with Gasteiger partial charge in [0, 0.05) is 30.6 Å². The van der Waals surface area contributed by atoms with Gasteiger partial charge in [0.05, 0.1) is 18.0 Å². The number of hydrogen-bond donors (Lipinski definition) is 1. The van der Waals surface area contributed by atoms with Gasteiger partial charge >= 0.3 is 0 Å². The summed E-state index contributed by atoms with van der Waals surface area (Å²) < 4.78 is 40.4. The lowest BCUT2D eigenvalue weighted by atomic mass is 9.90. The lowest BCUT2D eigenvalue weighted by Gasteiger charge is -2.37. The Labute approximate surface area is 177 Å². The maximum absolute atomic E-state index is 13.1. The van der Waals surface area contributed by atoms with Crippen LogP contribution in [0.4, 0.5) is 5.69 Å². The molecule has 0 spiro atoms. The highest BCUT2D eigenvalue weighted by Gasteiger charge is 2.36. The Hall–Kier alpha value is -2.58. The second-order valence-corrected chi connectivity index (χ2v) is 10.0. The van der Waals surface area contributed by atoms with Gasteiger partial charge in [-0.15, -0.1) is 0 Å². The van der Waals surface area contributed by atoms with Crippen molar-refractivity contribution < 1.29 is 22.7 Å². The number of ether oxygens (including phenoxy) is 2. The van der Waals surface area contributed by atoms with E-state index in [0.29, 0.717) is 30.9 Å². The van der Waals surface area contributed by atoms with E-state index in [1.165, 1.54) is 0 Å². The van der Waals surface area contributed by atoms with Gasteiger partial charge in [-0.25, -0.2) is 13.1 Å². The van der Waals surface area contributed by atoms with E-state index >= 15 is 0 Å². The lowest BCUT2D eigenvalue weighted by molar-refractivity contribution is -0.117. The Bertz CT molecular complexity index is 1060. The fourth-order valence-electron chi connectivity index (χ4n) is 4.05. The highest BCUT2D eigenvalue weighted by molar-refractivity contribution is 7.89. The number of carbonyl (C=O) groups excluding carboxylic acids is 1. The van der Waals surface area contributed by atoms with Crippen LogP contribution in [-0.4, -0.2) is 33.6 Å². The number of rotatable bonds is 5. The minimum Gasteiger partial charge on any atom is -0.497 e. The highest BCUT2D eigenvalue weighted by atomic mass is 32.2. The molecule has 1 amide bonds. The van der Waals surface area contributed by atoms with E-state index in [2.05, 4.69) is 4.72 Å². The minimum atomic E-state index is -3.78. The molecule has 0 aromatic heterocycles. The number of amides is 1. The molecule has 2 heterocycles. The largest absolute Gasteiger partial charge is 0.497 e. The van der Waals surface area contributed by atoms with Crippen LogP contribution in [0.1, 0.15) is 44.7 Å². The molecule has 0 bridgehead atoms. The third-order valence-electron chi connectivity index (χ3n) is 5.50. The molecule has 8 heteroatoms. The molecule has 30 heavy (non-hydrogen) atoms. The quantitative estimate of drug-likeness (QED) is 0.786. The maximum atomic E-state index is 13.1. The van der Waals surface area contributed by atoms with Crippen LogP contribution in [0, 0.1) is 0 Å². The van der Waals surface area contributed by atoms with Gasteiger partial charge in [0.2, 0.25) is 15.9 Å². The third-order valence-corrected chi connectivity index (χ3v) is 6.99. The zero-order valence-corrected chi connectivity index (χ0v) is 18.2. The van der Waals surface area contributed by atoms with E-state index in [0.717, 1.165) is 17.7 Å². The molecule has 2 aliphatic heterocycles. The van der Waals surface area contributed by atoms with Crippen molar-refractivity contribution >= 4 is 21.6 Å². The summed E-state index contributed by atoms with van der Waals surface area (Å²) in [5.41, 5.74) is 0.949. The predicted molar refractivity (Wildman–Crippen MR) is 113 cm³/mol. The molecule has 2 aromatic carbocycles. The molecule has 1 atom stereocenters. The summed E-state index contributed by atoms with van der Waals surface area (Å²) in [4.78, 5) is 13.8. The normalized spacial score (nSPS) is 20.6. The van der Waals surface area contributed by atoms with E-state index in [1.54, 1.807) is 54.5 Å². The molecule has 0 saturated carbocycles. The lowest BCUT2D eigenvalue weighted by Crippen LogP contribution is -2.41. The standard InChI is InChI=1S/C22H26N2O5S/c1-22(2)14-19(18-13-16(28-3)8-11-20(18)29-22)23-30(26,27)17-9-6-15(7-10-17)24-12-4-5-21(24)25/h6-11,13,19,23H,4-5,12,14H2,1-3H3. The van der Waals surface area contributed by atoms with Gasteiger partial charge in [0.1, 0.15) is 17.1 Å². The molecule has 1 N–H and O–H groups in total. The second kappa shape index (κ2) is 7.59. The molecule has 7 nitrogen and oxygen atoms in total. The molecule has 1 fully saturated rings. The zero-order valence-electron chi connectivity index (χ0n) is 17.3. The van der Waals surface area contributed by atoms with E-state index in [1.807, 2.05) is 13.8 Å². The highest BCUT2D eigenvalue weighted by Crippen LogP contribution is 2.41. The van der Waals surface area contributed by atoms with Crippen molar-refractivity contribution in [1.82, 2.24) is 4.72 Å². The topological polar surface area (TPSA) is 84.9 Å². The molecule has 160 valence electrons. The fourth-order valence-corrected chi connectivity index (χ4v) is 5.26. The first kappa shape index (κ1) is 20.7. The fraction of sp³-hybridized carbons (Fsp3) is 0.409. The van der Waals surface area contributed by atoms with Crippen LogP contribution in [0.15, 0.2) is 47.4 Å². The average Bonchev–Trinajstić information content (AvgIpc) is 3.12. The summed E-state index contributed by atoms with van der Waals surface area (Å²) in [6.45, 7) is 4.53. The number of anilines is 1. The number of hydrogen-bond acceptors (Lipinski definition) is 5.